The molecule has 3 rings (SSSR count). The third kappa shape index (κ3) is 4.59. The molecule has 142 valence electrons. The Morgan fingerprint density at radius 3 is 2.92 bits per heavy atom. The zero-order chi connectivity index (χ0) is 18.6. The number of aromatic nitrogens is 3. The lowest BCUT2D eigenvalue weighted by atomic mass is 9.96. The summed E-state index contributed by atoms with van der Waals surface area (Å²) in [6.07, 6.45) is 3.88. The molecule has 26 heavy (non-hydrogen) atoms. The number of ether oxygens (including phenoxy) is 2. The SMILES string of the molecule is COCCOc1ncccc1-c1noc(C2CCCN2CC(C)(C)C)n1. The zero-order valence-corrected chi connectivity index (χ0v) is 16.1. The molecule has 1 atom stereocenters. The molecule has 3 heterocycles. The molecular weight excluding hydrogens is 332 g/mol. The molecule has 0 aromatic carbocycles. The van der Waals surface area contributed by atoms with Crippen LogP contribution in [-0.4, -0.2) is 53.4 Å². The van der Waals surface area contributed by atoms with Crippen molar-refractivity contribution in [2.75, 3.05) is 33.4 Å². The second-order valence-corrected chi connectivity index (χ2v) is 7.84. The highest BCUT2D eigenvalue weighted by atomic mass is 16.5. The molecule has 7 nitrogen and oxygen atoms in total. The summed E-state index contributed by atoms with van der Waals surface area (Å²) < 4.78 is 16.3. The van der Waals surface area contributed by atoms with E-state index in [0.29, 0.717) is 30.8 Å². The van der Waals surface area contributed by atoms with E-state index in [4.69, 9.17) is 14.0 Å². The fourth-order valence-corrected chi connectivity index (χ4v) is 3.28. The fourth-order valence-electron chi connectivity index (χ4n) is 3.28. The van der Waals surface area contributed by atoms with Crippen molar-refractivity contribution in [3.8, 4) is 17.3 Å². The van der Waals surface area contributed by atoms with Gasteiger partial charge < -0.3 is 14.0 Å². The lowest BCUT2D eigenvalue weighted by Crippen LogP contribution is -2.32. The van der Waals surface area contributed by atoms with E-state index in [1.807, 2.05) is 12.1 Å². The number of hydrogen-bond donors (Lipinski definition) is 0. The average Bonchev–Trinajstić information content (AvgIpc) is 3.23. The largest absolute Gasteiger partial charge is 0.475 e. The molecule has 0 aliphatic carbocycles. The smallest absolute Gasteiger partial charge is 0.244 e. The Labute approximate surface area is 154 Å². The van der Waals surface area contributed by atoms with Gasteiger partial charge in [0.25, 0.3) is 0 Å². The Morgan fingerprint density at radius 1 is 1.31 bits per heavy atom. The molecule has 2 aromatic heterocycles. The maximum absolute atomic E-state index is 5.69. The Hall–Kier alpha value is -1.99. The molecule has 2 aromatic rings. The number of likely N-dealkylation sites (tertiary alicyclic amines) is 1. The number of hydrogen-bond acceptors (Lipinski definition) is 7. The highest BCUT2D eigenvalue weighted by molar-refractivity contribution is 5.60. The molecule has 1 unspecified atom stereocenters. The number of pyridine rings is 1. The van der Waals surface area contributed by atoms with Crippen LogP contribution in [-0.2, 0) is 4.74 Å². The molecule has 1 saturated heterocycles. The Morgan fingerprint density at radius 2 is 2.15 bits per heavy atom. The third-order valence-corrected chi connectivity index (χ3v) is 4.31. The summed E-state index contributed by atoms with van der Waals surface area (Å²) in [5.74, 6) is 1.69. The molecule has 0 bridgehead atoms. The van der Waals surface area contributed by atoms with E-state index in [-0.39, 0.29) is 11.5 Å². The van der Waals surface area contributed by atoms with E-state index in [1.165, 1.54) is 0 Å². The Kier molecular flexibility index (Phi) is 5.88. The van der Waals surface area contributed by atoms with Gasteiger partial charge in [-0.05, 0) is 36.9 Å². The maximum atomic E-state index is 5.69. The van der Waals surface area contributed by atoms with Crippen LogP contribution in [0.4, 0.5) is 0 Å². The average molecular weight is 360 g/mol. The van der Waals surface area contributed by atoms with Gasteiger partial charge in [-0.25, -0.2) is 4.98 Å². The summed E-state index contributed by atoms with van der Waals surface area (Å²) in [7, 11) is 1.64. The molecule has 0 N–H and O–H groups in total. The van der Waals surface area contributed by atoms with Crippen LogP contribution in [0.2, 0.25) is 0 Å². The Bertz CT molecular complexity index is 711. The van der Waals surface area contributed by atoms with E-state index in [0.717, 1.165) is 31.5 Å². The number of nitrogens with zero attached hydrogens (tertiary/aromatic N) is 4. The number of methoxy groups -OCH3 is 1. The van der Waals surface area contributed by atoms with Crippen LogP contribution in [0.1, 0.15) is 45.5 Å². The van der Waals surface area contributed by atoms with Gasteiger partial charge in [0.2, 0.25) is 17.6 Å². The van der Waals surface area contributed by atoms with Crippen molar-refractivity contribution >= 4 is 0 Å². The van der Waals surface area contributed by atoms with Crippen molar-refractivity contribution in [1.82, 2.24) is 20.0 Å². The molecule has 0 spiro atoms. The summed E-state index contributed by atoms with van der Waals surface area (Å²) in [6.45, 7) is 9.75. The van der Waals surface area contributed by atoms with Crippen LogP contribution < -0.4 is 4.74 Å². The van der Waals surface area contributed by atoms with Gasteiger partial charge in [-0.3, -0.25) is 4.90 Å². The monoisotopic (exact) mass is 360 g/mol. The Balaban J connectivity index is 1.78. The van der Waals surface area contributed by atoms with Gasteiger partial charge in [-0.2, -0.15) is 4.98 Å². The summed E-state index contributed by atoms with van der Waals surface area (Å²) in [4.78, 5) is 11.4. The molecule has 0 amide bonds. The quantitative estimate of drug-likeness (QED) is 0.701. The van der Waals surface area contributed by atoms with E-state index < -0.39 is 0 Å². The standard InChI is InChI=1S/C19H28N4O3/c1-19(2,3)13-23-10-6-8-15(23)18-21-16(22-26-18)14-7-5-9-20-17(14)25-12-11-24-4/h5,7,9,15H,6,8,10-13H2,1-4H3. The maximum Gasteiger partial charge on any atom is 0.244 e. The van der Waals surface area contributed by atoms with Gasteiger partial charge in [0, 0.05) is 19.9 Å². The predicted octanol–water partition coefficient (Wildman–Crippen LogP) is 3.34. The third-order valence-electron chi connectivity index (χ3n) is 4.31. The van der Waals surface area contributed by atoms with E-state index in [2.05, 4.69) is 40.8 Å². The highest BCUT2D eigenvalue weighted by Gasteiger charge is 2.33. The molecule has 0 radical (unpaired) electrons. The van der Waals surface area contributed by atoms with Crippen LogP contribution in [0, 0.1) is 5.41 Å². The minimum absolute atomic E-state index is 0.185. The van der Waals surface area contributed by atoms with Gasteiger partial charge in [-0.15, -0.1) is 0 Å². The second kappa shape index (κ2) is 8.14. The molecule has 1 aliphatic heterocycles. The summed E-state index contributed by atoms with van der Waals surface area (Å²) >= 11 is 0. The summed E-state index contributed by atoms with van der Waals surface area (Å²) in [6, 6.07) is 3.92. The lowest BCUT2D eigenvalue weighted by molar-refractivity contribution is 0.144. The van der Waals surface area contributed by atoms with Crippen LogP contribution in [0.5, 0.6) is 5.88 Å². The van der Waals surface area contributed by atoms with Crippen molar-refractivity contribution in [3.63, 3.8) is 0 Å². The van der Waals surface area contributed by atoms with Crippen molar-refractivity contribution in [3.05, 3.63) is 24.2 Å². The number of rotatable bonds is 7. The first kappa shape index (κ1) is 18.8. The van der Waals surface area contributed by atoms with Crippen LogP contribution >= 0.6 is 0 Å². The van der Waals surface area contributed by atoms with E-state index in [9.17, 15) is 0 Å². The minimum atomic E-state index is 0.185. The molecule has 1 fully saturated rings. The lowest BCUT2D eigenvalue weighted by Gasteiger charge is -2.29. The van der Waals surface area contributed by atoms with Gasteiger partial charge in [0.1, 0.15) is 6.61 Å². The molecule has 7 heteroatoms. The topological polar surface area (TPSA) is 73.5 Å². The van der Waals surface area contributed by atoms with Gasteiger partial charge >= 0.3 is 0 Å². The fraction of sp³-hybridized carbons (Fsp3) is 0.632. The van der Waals surface area contributed by atoms with Crippen LogP contribution in [0.15, 0.2) is 22.9 Å². The van der Waals surface area contributed by atoms with E-state index >= 15 is 0 Å². The normalized spacial score (nSPS) is 18.4. The second-order valence-electron chi connectivity index (χ2n) is 7.84. The van der Waals surface area contributed by atoms with Gasteiger partial charge in [0.05, 0.1) is 18.2 Å². The minimum Gasteiger partial charge on any atom is -0.475 e. The highest BCUT2D eigenvalue weighted by Crippen LogP contribution is 2.35. The zero-order valence-electron chi connectivity index (χ0n) is 16.1. The van der Waals surface area contributed by atoms with Crippen molar-refractivity contribution in [2.24, 2.45) is 5.41 Å². The van der Waals surface area contributed by atoms with Crippen molar-refractivity contribution in [1.29, 1.82) is 0 Å². The molecule has 1 aliphatic rings. The summed E-state index contributed by atoms with van der Waals surface area (Å²) in [5, 5.41) is 4.19. The van der Waals surface area contributed by atoms with Crippen molar-refractivity contribution < 1.29 is 14.0 Å². The molecular formula is C19H28N4O3. The first-order chi connectivity index (χ1) is 12.5. The van der Waals surface area contributed by atoms with Crippen LogP contribution in [0.3, 0.4) is 0 Å². The van der Waals surface area contributed by atoms with E-state index in [1.54, 1.807) is 13.3 Å². The predicted molar refractivity (Wildman–Crippen MR) is 97.9 cm³/mol. The summed E-state index contributed by atoms with van der Waals surface area (Å²) in [5.41, 5.74) is 0.968. The first-order valence-corrected chi connectivity index (χ1v) is 9.13. The van der Waals surface area contributed by atoms with Gasteiger partial charge in [0.15, 0.2) is 0 Å². The molecule has 0 saturated carbocycles. The first-order valence-electron chi connectivity index (χ1n) is 9.13. The van der Waals surface area contributed by atoms with Crippen LogP contribution in [0.25, 0.3) is 11.4 Å². The van der Waals surface area contributed by atoms with Gasteiger partial charge in [-0.1, -0.05) is 25.9 Å². The van der Waals surface area contributed by atoms with Crippen molar-refractivity contribution in [2.45, 2.75) is 39.7 Å².